The van der Waals surface area contributed by atoms with E-state index < -0.39 is 48.9 Å². The van der Waals surface area contributed by atoms with Crippen molar-refractivity contribution < 1.29 is 37.8 Å². The number of carboxylic acids is 1. The number of fused-ring (bicyclic) bond motifs is 3. The number of nitrogens with zero attached hydrogens (tertiary/aromatic N) is 1. The maximum Gasteiger partial charge on any atom is 0.407 e. The van der Waals surface area contributed by atoms with Crippen LogP contribution >= 0.6 is 0 Å². The Labute approximate surface area is 188 Å². The average molecular weight is 460 g/mol. The highest BCUT2D eigenvalue weighted by molar-refractivity contribution is 5.83. The van der Waals surface area contributed by atoms with Gasteiger partial charge in [-0.1, -0.05) is 48.5 Å². The van der Waals surface area contributed by atoms with E-state index in [9.17, 15) is 23.2 Å². The summed E-state index contributed by atoms with van der Waals surface area (Å²) in [5, 5.41) is 11.3. The third kappa shape index (κ3) is 4.38. The van der Waals surface area contributed by atoms with E-state index in [1.54, 1.807) is 0 Å². The molecule has 33 heavy (non-hydrogen) atoms. The van der Waals surface area contributed by atoms with E-state index in [1.165, 1.54) is 0 Å². The number of aliphatic carboxylic acids is 1. The monoisotopic (exact) mass is 460 g/mol. The van der Waals surface area contributed by atoms with Gasteiger partial charge in [-0.15, -0.1) is 0 Å². The molecule has 2 unspecified atom stereocenters. The molecule has 1 fully saturated rings. The van der Waals surface area contributed by atoms with E-state index in [0.717, 1.165) is 29.3 Å². The molecule has 2 aromatic rings. The summed E-state index contributed by atoms with van der Waals surface area (Å²) in [5.41, 5.74) is 4.18. The number of amides is 2. The number of carbonyl (C=O) groups excluding carboxylic acids is 2. The molecule has 0 radical (unpaired) electrons. The number of carboxylic acid groups (broad SMARTS) is 1. The quantitative estimate of drug-likeness (QED) is 0.587. The van der Waals surface area contributed by atoms with Crippen molar-refractivity contribution in [1.82, 2.24) is 10.4 Å². The second-order valence-corrected chi connectivity index (χ2v) is 7.97. The van der Waals surface area contributed by atoms with Gasteiger partial charge in [0.2, 0.25) is 0 Å². The molecule has 0 aromatic heterocycles. The van der Waals surface area contributed by atoms with Gasteiger partial charge >= 0.3 is 12.1 Å². The molecule has 0 saturated heterocycles. The smallest absolute Gasteiger partial charge is 0.407 e. The van der Waals surface area contributed by atoms with Crippen molar-refractivity contribution in [1.29, 1.82) is 0 Å². The molecule has 2 aliphatic rings. The summed E-state index contributed by atoms with van der Waals surface area (Å²) in [6.45, 7) is -1.26. The fourth-order valence-electron chi connectivity index (χ4n) is 4.24. The minimum atomic E-state index is -3.34. The van der Waals surface area contributed by atoms with Gasteiger partial charge in [-0.2, -0.15) is 0 Å². The Balaban J connectivity index is 1.31. The molecule has 2 N–H and O–H groups in total. The van der Waals surface area contributed by atoms with Crippen LogP contribution in [0.15, 0.2) is 48.5 Å². The van der Waals surface area contributed by atoms with Gasteiger partial charge in [0, 0.05) is 19.5 Å². The molecule has 0 spiro atoms. The van der Waals surface area contributed by atoms with Gasteiger partial charge in [-0.3, -0.25) is 9.63 Å². The zero-order chi connectivity index (χ0) is 23.8. The number of nitrogens with one attached hydrogen (secondary N) is 1. The molecule has 2 atom stereocenters. The van der Waals surface area contributed by atoms with Crippen LogP contribution in [0, 0.1) is 11.8 Å². The van der Waals surface area contributed by atoms with E-state index in [4.69, 9.17) is 9.84 Å². The van der Waals surface area contributed by atoms with Crippen LogP contribution in [0.1, 0.15) is 17.0 Å². The van der Waals surface area contributed by atoms with E-state index in [1.807, 2.05) is 48.5 Å². The van der Waals surface area contributed by atoms with Gasteiger partial charge in [0.15, 0.2) is 6.61 Å². The second kappa shape index (κ2) is 8.78. The largest absolute Gasteiger partial charge is 0.479 e. The molecule has 2 aliphatic carbocycles. The van der Waals surface area contributed by atoms with Crippen LogP contribution in [0.4, 0.5) is 13.6 Å². The number of ether oxygens (including phenoxy) is 1. The van der Waals surface area contributed by atoms with Gasteiger partial charge in [0.05, 0.1) is 5.92 Å². The maximum absolute atomic E-state index is 14.1. The van der Waals surface area contributed by atoms with Gasteiger partial charge in [0.1, 0.15) is 12.5 Å². The number of hydroxylamine groups is 2. The normalized spacial score (nSPS) is 19.8. The number of rotatable bonds is 8. The van der Waals surface area contributed by atoms with Crippen LogP contribution in [0.3, 0.4) is 0 Å². The first-order valence-electron chi connectivity index (χ1n) is 10.3. The molecule has 1 saturated carbocycles. The van der Waals surface area contributed by atoms with Gasteiger partial charge in [-0.05, 0) is 22.3 Å². The average Bonchev–Trinajstić information content (AvgIpc) is 3.20. The molecular formula is C23H22F2N2O6. The number of hydrogen-bond donors (Lipinski definition) is 2. The third-order valence-electron chi connectivity index (χ3n) is 5.97. The number of alkyl carbamates (subject to hydrolysis) is 1. The highest BCUT2D eigenvalue weighted by atomic mass is 19.3. The second-order valence-electron chi connectivity index (χ2n) is 7.97. The van der Waals surface area contributed by atoms with E-state index in [0.29, 0.717) is 5.06 Å². The third-order valence-corrected chi connectivity index (χ3v) is 5.97. The molecule has 10 heteroatoms. The summed E-state index contributed by atoms with van der Waals surface area (Å²) in [4.78, 5) is 39.4. The van der Waals surface area contributed by atoms with Crippen molar-refractivity contribution in [2.75, 3.05) is 26.8 Å². The Kier molecular flexibility index (Phi) is 6.03. The molecule has 2 aromatic carbocycles. The predicted octanol–water partition coefficient (Wildman–Crippen LogP) is 2.88. The van der Waals surface area contributed by atoms with Crippen molar-refractivity contribution >= 4 is 18.0 Å². The fourth-order valence-corrected chi connectivity index (χ4v) is 4.24. The summed E-state index contributed by atoms with van der Waals surface area (Å²) in [6.07, 6.45) is -0.860. The molecule has 2 amide bonds. The standard InChI is InChI=1S/C23H22F2N2O6/c1-27(33-12-19(28)29)21(30)20-18(23(20,24)25)10-26-22(31)32-11-17-15-8-4-2-6-13(15)14-7-3-5-9-16(14)17/h2-9,17-18,20H,10-12H2,1H3,(H,26,31)(H,28,29). The lowest BCUT2D eigenvalue weighted by atomic mass is 9.98. The lowest BCUT2D eigenvalue weighted by Crippen LogP contribution is -2.33. The van der Waals surface area contributed by atoms with Crippen LogP contribution in [0.2, 0.25) is 0 Å². The summed E-state index contributed by atoms with van der Waals surface area (Å²) < 4.78 is 33.5. The molecule has 4 rings (SSSR count). The van der Waals surface area contributed by atoms with Crippen molar-refractivity contribution in [3.8, 4) is 11.1 Å². The summed E-state index contributed by atoms with van der Waals surface area (Å²) in [7, 11) is 1.07. The first-order chi connectivity index (χ1) is 15.7. The van der Waals surface area contributed by atoms with Crippen molar-refractivity contribution in [3.63, 3.8) is 0 Å². The highest BCUT2D eigenvalue weighted by Gasteiger charge is 2.72. The molecule has 174 valence electrons. The zero-order valence-corrected chi connectivity index (χ0v) is 17.7. The fraction of sp³-hybridized carbons (Fsp3) is 0.348. The minimum Gasteiger partial charge on any atom is -0.479 e. The van der Waals surface area contributed by atoms with E-state index in [2.05, 4.69) is 10.2 Å². The number of alkyl halides is 2. The number of benzene rings is 2. The number of halogens is 2. The predicted molar refractivity (Wildman–Crippen MR) is 111 cm³/mol. The SMILES string of the molecule is CN(OCC(=O)O)C(=O)C1C(CNC(=O)OCC2c3ccccc3-c3ccccc32)C1(F)F. The van der Waals surface area contributed by atoms with Gasteiger partial charge in [-0.25, -0.2) is 23.4 Å². The van der Waals surface area contributed by atoms with Crippen molar-refractivity contribution in [2.24, 2.45) is 11.8 Å². The van der Waals surface area contributed by atoms with Gasteiger partial charge in [0.25, 0.3) is 11.8 Å². The van der Waals surface area contributed by atoms with Crippen LogP contribution in [-0.4, -0.2) is 60.9 Å². The van der Waals surface area contributed by atoms with Crippen LogP contribution in [-0.2, 0) is 19.2 Å². The molecule has 8 nitrogen and oxygen atoms in total. The highest BCUT2D eigenvalue weighted by Crippen LogP contribution is 2.55. The summed E-state index contributed by atoms with van der Waals surface area (Å²) in [5.74, 6) is -9.04. The maximum atomic E-state index is 14.1. The Morgan fingerprint density at radius 1 is 1.06 bits per heavy atom. The van der Waals surface area contributed by atoms with Crippen LogP contribution in [0.25, 0.3) is 11.1 Å². The van der Waals surface area contributed by atoms with E-state index >= 15 is 0 Å². The Morgan fingerprint density at radius 3 is 2.21 bits per heavy atom. The van der Waals surface area contributed by atoms with Crippen molar-refractivity contribution in [2.45, 2.75) is 11.8 Å². The van der Waals surface area contributed by atoms with Crippen molar-refractivity contribution in [3.05, 3.63) is 59.7 Å². The summed E-state index contributed by atoms with van der Waals surface area (Å²) in [6, 6.07) is 15.6. The lowest BCUT2D eigenvalue weighted by Gasteiger charge is -2.15. The number of hydrogen-bond acceptors (Lipinski definition) is 5. The molecular weight excluding hydrogens is 438 g/mol. The van der Waals surface area contributed by atoms with Gasteiger partial charge < -0.3 is 15.2 Å². The van der Waals surface area contributed by atoms with E-state index in [-0.39, 0.29) is 12.5 Å². The molecule has 0 heterocycles. The lowest BCUT2D eigenvalue weighted by molar-refractivity contribution is -0.188. The zero-order valence-electron chi connectivity index (χ0n) is 17.7. The van der Waals surface area contributed by atoms with Crippen LogP contribution < -0.4 is 5.32 Å². The minimum absolute atomic E-state index is 0.0368. The Morgan fingerprint density at radius 2 is 1.64 bits per heavy atom. The van der Waals surface area contributed by atoms with Crippen LogP contribution in [0.5, 0.6) is 0 Å². The summed E-state index contributed by atoms with van der Waals surface area (Å²) >= 11 is 0. The Bertz CT molecular complexity index is 1050. The first-order valence-corrected chi connectivity index (χ1v) is 10.3. The Hall–Kier alpha value is -3.53. The molecule has 0 aliphatic heterocycles. The number of carbonyl (C=O) groups is 3. The molecule has 0 bridgehead atoms. The topological polar surface area (TPSA) is 105 Å². The first kappa shape index (κ1) is 22.7.